The van der Waals surface area contributed by atoms with Crippen LogP contribution in [0.2, 0.25) is 5.02 Å². The molecule has 0 bridgehead atoms. The summed E-state index contributed by atoms with van der Waals surface area (Å²) in [6.07, 6.45) is 1.43. The highest BCUT2D eigenvalue weighted by molar-refractivity contribution is 6.39. The SMILES string of the molecule is Cc1ccc(COc2ccccc2/C=C2\C(=O)NC(=O)N(c3ccc(Cl)cc3)C2=O)cc1. The maximum absolute atomic E-state index is 13.1. The number of aryl methyl sites for hydroxylation is 1. The molecule has 4 amide bonds. The van der Waals surface area contributed by atoms with Gasteiger partial charge in [0.1, 0.15) is 17.9 Å². The summed E-state index contributed by atoms with van der Waals surface area (Å²) in [5, 5.41) is 2.67. The third-order valence-electron chi connectivity index (χ3n) is 4.92. The molecule has 160 valence electrons. The number of hydrogen-bond acceptors (Lipinski definition) is 4. The number of barbiturate groups is 1. The van der Waals surface area contributed by atoms with E-state index in [1.54, 1.807) is 36.4 Å². The number of anilines is 1. The van der Waals surface area contributed by atoms with Crippen molar-refractivity contribution in [2.45, 2.75) is 13.5 Å². The molecule has 0 radical (unpaired) electrons. The highest BCUT2D eigenvalue weighted by atomic mass is 35.5. The number of halogens is 1. The van der Waals surface area contributed by atoms with Gasteiger partial charge in [0.05, 0.1) is 5.69 Å². The molecule has 1 N–H and O–H groups in total. The van der Waals surface area contributed by atoms with Gasteiger partial charge >= 0.3 is 6.03 Å². The molecule has 1 saturated heterocycles. The van der Waals surface area contributed by atoms with Crippen molar-refractivity contribution in [1.29, 1.82) is 0 Å². The summed E-state index contributed by atoms with van der Waals surface area (Å²) in [6, 6.07) is 20.4. The number of hydrogen-bond donors (Lipinski definition) is 1. The molecule has 0 saturated carbocycles. The molecule has 3 aromatic carbocycles. The van der Waals surface area contributed by atoms with E-state index in [9.17, 15) is 14.4 Å². The average Bonchev–Trinajstić information content (AvgIpc) is 2.78. The first-order chi connectivity index (χ1) is 15.4. The lowest BCUT2D eigenvalue weighted by molar-refractivity contribution is -0.122. The number of nitrogens with zero attached hydrogens (tertiary/aromatic N) is 1. The fourth-order valence-corrected chi connectivity index (χ4v) is 3.34. The van der Waals surface area contributed by atoms with Crippen LogP contribution in [0.15, 0.2) is 78.4 Å². The Labute approximate surface area is 190 Å². The van der Waals surface area contributed by atoms with Crippen LogP contribution in [-0.2, 0) is 16.2 Å². The van der Waals surface area contributed by atoms with Crippen LogP contribution < -0.4 is 15.0 Å². The number of amides is 4. The number of carbonyl (C=O) groups excluding carboxylic acids is 3. The Kier molecular flexibility index (Phi) is 6.05. The van der Waals surface area contributed by atoms with Gasteiger partial charge in [-0.15, -0.1) is 0 Å². The second-order valence-corrected chi connectivity index (χ2v) is 7.68. The summed E-state index contributed by atoms with van der Waals surface area (Å²) in [5.74, 6) is -0.982. The van der Waals surface area contributed by atoms with E-state index in [0.717, 1.165) is 16.0 Å². The molecule has 4 rings (SSSR count). The van der Waals surface area contributed by atoms with Crippen molar-refractivity contribution in [3.05, 3.63) is 100 Å². The molecule has 0 unspecified atom stereocenters. The van der Waals surface area contributed by atoms with E-state index in [2.05, 4.69) is 5.32 Å². The maximum atomic E-state index is 13.1. The molecule has 0 aromatic heterocycles. The summed E-state index contributed by atoms with van der Waals surface area (Å²) < 4.78 is 5.94. The average molecular weight is 447 g/mol. The molecule has 32 heavy (non-hydrogen) atoms. The van der Waals surface area contributed by atoms with E-state index in [0.29, 0.717) is 28.6 Å². The van der Waals surface area contributed by atoms with Gasteiger partial charge in [0.15, 0.2) is 0 Å². The van der Waals surface area contributed by atoms with Gasteiger partial charge in [-0.25, -0.2) is 9.69 Å². The largest absolute Gasteiger partial charge is 0.488 e. The van der Waals surface area contributed by atoms with Gasteiger partial charge in [0.25, 0.3) is 11.8 Å². The summed E-state index contributed by atoms with van der Waals surface area (Å²) in [4.78, 5) is 38.8. The van der Waals surface area contributed by atoms with Crippen LogP contribution in [0.5, 0.6) is 5.75 Å². The minimum Gasteiger partial charge on any atom is -0.488 e. The summed E-state index contributed by atoms with van der Waals surface area (Å²) in [5.41, 5.74) is 2.82. The standard InChI is InChI=1S/C25H19ClN2O4/c1-16-6-8-17(9-7-16)15-32-22-5-3-2-4-18(22)14-21-23(29)27-25(31)28(24(21)30)20-12-10-19(26)11-13-20/h2-14H,15H2,1H3,(H,27,29,31)/b21-14+. The van der Waals surface area contributed by atoms with Crippen molar-refractivity contribution in [3.8, 4) is 5.75 Å². The highest BCUT2D eigenvalue weighted by Gasteiger charge is 2.36. The molecule has 3 aromatic rings. The minimum atomic E-state index is -0.816. The smallest absolute Gasteiger partial charge is 0.335 e. The number of ether oxygens (including phenoxy) is 1. The van der Waals surface area contributed by atoms with Crippen molar-refractivity contribution in [2.24, 2.45) is 0 Å². The van der Waals surface area contributed by atoms with Crippen LogP contribution in [-0.4, -0.2) is 17.8 Å². The summed E-state index contributed by atoms with van der Waals surface area (Å²) in [6.45, 7) is 2.34. The van der Waals surface area contributed by atoms with Crippen LogP contribution in [0.4, 0.5) is 10.5 Å². The Balaban J connectivity index is 1.62. The zero-order chi connectivity index (χ0) is 22.7. The Hall–Kier alpha value is -3.90. The number of para-hydroxylation sites is 1. The molecule has 0 aliphatic carbocycles. The molecule has 1 aliphatic rings. The van der Waals surface area contributed by atoms with Crippen molar-refractivity contribution in [3.63, 3.8) is 0 Å². The quantitative estimate of drug-likeness (QED) is 0.447. The molecule has 1 aliphatic heterocycles. The number of carbonyl (C=O) groups is 3. The van der Waals surface area contributed by atoms with Crippen molar-refractivity contribution < 1.29 is 19.1 Å². The number of urea groups is 1. The topological polar surface area (TPSA) is 75.7 Å². The van der Waals surface area contributed by atoms with Gasteiger partial charge in [0, 0.05) is 10.6 Å². The van der Waals surface area contributed by atoms with Crippen LogP contribution in [0.25, 0.3) is 6.08 Å². The first-order valence-electron chi connectivity index (χ1n) is 9.87. The van der Waals surface area contributed by atoms with Crippen LogP contribution in [0.3, 0.4) is 0 Å². The van der Waals surface area contributed by atoms with Gasteiger partial charge in [0.2, 0.25) is 0 Å². The minimum absolute atomic E-state index is 0.175. The van der Waals surface area contributed by atoms with Crippen LogP contribution in [0.1, 0.15) is 16.7 Å². The van der Waals surface area contributed by atoms with E-state index in [1.165, 1.54) is 18.2 Å². The Morgan fingerprint density at radius 3 is 2.34 bits per heavy atom. The molecular formula is C25H19ClN2O4. The Morgan fingerprint density at radius 2 is 1.62 bits per heavy atom. The van der Waals surface area contributed by atoms with Crippen molar-refractivity contribution >= 4 is 41.2 Å². The fraction of sp³-hybridized carbons (Fsp3) is 0.0800. The summed E-state index contributed by atoms with van der Waals surface area (Å²) >= 11 is 5.90. The van der Waals surface area contributed by atoms with E-state index in [-0.39, 0.29) is 5.57 Å². The maximum Gasteiger partial charge on any atom is 0.335 e. The number of imide groups is 2. The first-order valence-corrected chi connectivity index (χ1v) is 10.2. The van der Waals surface area contributed by atoms with Crippen LogP contribution in [0, 0.1) is 6.92 Å². The first kappa shape index (κ1) is 21.3. The normalized spacial score (nSPS) is 15.1. The van der Waals surface area contributed by atoms with Gasteiger partial charge in [-0.2, -0.15) is 0 Å². The molecular weight excluding hydrogens is 428 g/mol. The Morgan fingerprint density at radius 1 is 0.938 bits per heavy atom. The van der Waals surface area contributed by atoms with Gasteiger partial charge < -0.3 is 4.74 Å². The van der Waals surface area contributed by atoms with Crippen molar-refractivity contribution in [2.75, 3.05) is 4.90 Å². The monoisotopic (exact) mass is 446 g/mol. The number of rotatable bonds is 5. The fourth-order valence-electron chi connectivity index (χ4n) is 3.21. The predicted octanol–water partition coefficient (Wildman–Crippen LogP) is 4.89. The lowest BCUT2D eigenvalue weighted by Gasteiger charge is -2.26. The predicted molar refractivity (Wildman–Crippen MR) is 122 cm³/mol. The van der Waals surface area contributed by atoms with Crippen molar-refractivity contribution in [1.82, 2.24) is 5.32 Å². The van der Waals surface area contributed by atoms with E-state index in [4.69, 9.17) is 16.3 Å². The van der Waals surface area contributed by atoms with E-state index >= 15 is 0 Å². The number of nitrogens with one attached hydrogen (secondary N) is 1. The lowest BCUT2D eigenvalue weighted by Crippen LogP contribution is -2.54. The zero-order valence-corrected chi connectivity index (χ0v) is 17.9. The van der Waals surface area contributed by atoms with E-state index < -0.39 is 17.8 Å². The Bertz CT molecular complexity index is 1220. The van der Waals surface area contributed by atoms with Gasteiger partial charge in [-0.3, -0.25) is 14.9 Å². The molecule has 0 atom stereocenters. The highest BCUT2D eigenvalue weighted by Crippen LogP contribution is 2.26. The third kappa shape index (κ3) is 4.55. The number of benzene rings is 3. The van der Waals surface area contributed by atoms with Gasteiger partial charge in [-0.1, -0.05) is 59.6 Å². The van der Waals surface area contributed by atoms with E-state index in [1.807, 2.05) is 31.2 Å². The second-order valence-electron chi connectivity index (χ2n) is 7.25. The third-order valence-corrected chi connectivity index (χ3v) is 5.17. The second kappa shape index (κ2) is 9.08. The molecule has 6 nitrogen and oxygen atoms in total. The molecule has 1 fully saturated rings. The van der Waals surface area contributed by atoms with Crippen LogP contribution >= 0.6 is 11.6 Å². The summed E-state index contributed by atoms with van der Waals surface area (Å²) in [7, 11) is 0. The van der Waals surface area contributed by atoms with Gasteiger partial charge in [-0.05, 0) is 48.9 Å². The molecule has 1 heterocycles. The zero-order valence-electron chi connectivity index (χ0n) is 17.2. The molecule has 0 spiro atoms. The lowest BCUT2D eigenvalue weighted by atomic mass is 10.1. The molecule has 7 heteroatoms.